The molecular formula is C23H22N2O4. The molecule has 0 radical (unpaired) electrons. The molecule has 0 bridgehead atoms. The minimum atomic E-state index is -0.746. The second-order valence-electron chi connectivity index (χ2n) is 7.97. The van der Waals surface area contributed by atoms with Gasteiger partial charge in [0, 0.05) is 17.7 Å². The van der Waals surface area contributed by atoms with Crippen molar-refractivity contribution in [2.24, 2.45) is 0 Å². The molecule has 3 aliphatic rings. The van der Waals surface area contributed by atoms with Gasteiger partial charge in [0.05, 0.1) is 6.42 Å². The van der Waals surface area contributed by atoms with Gasteiger partial charge in [-0.3, -0.25) is 14.5 Å². The zero-order valence-electron chi connectivity index (χ0n) is 16.0. The van der Waals surface area contributed by atoms with Crippen LogP contribution >= 0.6 is 0 Å². The molecule has 2 aromatic carbocycles. The van der Waals surface area contributed by atoms with E-state index in [4.69, 9.17) is 4.74 Å². The number of nitrogens with one attached hydrogen (secondary N) is 1. The lowest BCUT2D eigenvalue weighted by atomic mass is 9.98. The number of carbonyl (C=O) groups is 3. The molecule has 1 N–H and O–H groups in total. The van der Waals surface area contributed by atoms with Gasteiger partial charge in [0.25, 0.3) is 5.91 Å². The summed E-state index contributed by atoms with van der Waals surface area (Å²) in [7, 11) is 0. The second kappa shape index (κ2) is 6.72. The number of hydrogen-bond acceptors (Lipinski definition) is 4. The topological polar surface area (TPSA) is 75.7 Å². The SMILES string of the molecule is O=C(CCN1C(=O)NC2(CCCC2)C1=O)OC1c2ccccc2-c2ccccc21. The Balaban J connectivity index is 1.28. The third-order valence-corrected chi connectivity index (χ3v) is 6.27. The van der Waals surface area contributed by atoms with Crippen LogP contribution in [0.25, 0.3) is 11.1 Å². The Kier molecular flexibility index (Phi) is 4.15. The number of amides is 3. The molecule has 6 heteroatoms. The number of ether oxygens (including phenoxy) is 1. The van der Waals surface area contributed by atoms with Crippen LogP contribution in [0.1, 0.15) is 49.3 Å². The van der Waals surface area contributed by atoms with Gasteiger partial charge in [-0.1, -0.05) is 61.4 Å². The van der Waals surface area contributed by atoms with Crippen molar-refractivity contribution in [3.8, 4) is 11.1 Å². The van der Waals surface area contributed by atoms with Crippen molar-refractivity contribution >= 4 is 17.9 Å². The lowest BCUT2D eigenvalue weighted by molar-refractivity contribution is -0.147. The molecule has 0 unspecified atom stereocenters. The smallest absolute Gasteiger partial charge is 0.325 e. The van der Waals surface area contributed by atoms with Gasteiger partial charge in [-0.2, -0.15) is 0 Å². The highest BCUT2D eigenvalue weighted by Gasteiger charge is 2.52. The van der Waals surface area contributed by atoms with Crippen molar-refractivity contribution < 1.29 is 19.1 Å². The summed E-state index contributed by atoms with van der Waals surface area (Å²) in [5.41, 5.74) is 3.31. The summed E-state index contributed by atoms with van der Waals surface area (Å²) in [5, 5.41) is 2.84. The van der Waals surface area contributed by atoms with Crippen LogP contribution < -0.4 is 5.32 Å². The molecule has 1 spiro atoms. The van der Waals surface area contributed by atoms with Crippen molar-refractivity contribution in [2.75, 3.05) is 6.54 Å². The van der Waals surface area contributed by atoms with Crippen LogP contribution in [0.4, 0.5) is 4.79 Å². The molecule has 5 rings (SSSR count). The molecule has 2 aromatic rings. The number of benzene rings is 2. The summed E-state index contributed by atoms with van der Waals surface area (Å²) in [6.45, 7) is 0.0429. The van der Waals surface area contributed by atoms with E-state index < -0.39 is 23.6 Å². The van der Waals surface area contributed by atoms with Crippen LogP contribution in [0.3, 0.4) is 0 Å². The number of rotatable bonds is 4. The predicted molar refractivity (Wildman–Crippen MR) is 106 cm³/mol. The Hall–Kier alpha value is -3.15. The molecule has 0 atom stereocenters. The zero-order chi connectivity index (χ0) is 20.0. The average molecular weight is 390 g/mol. The van der Waals surface area contributed by atoms with Gasteiger partial charge in [-0.15, -0.1) is 0 Å². The highest BCUT2D eigenvalue weighted by atomic mass is 16.5. The largest absolute Gasteiger partial charge is 0.452 e. The van der Waals surface area contributed by atoms with E-state index >= 15 is 0 Å². The van der Waals surface area contributed by atoms with Crippen LogP contribution in [-0.4, -0.2) is 34.9 Å². The summed E-state index contributed by atoms with van der Waals surface area (Å²) < 4.78 is 5.80. The van der Waals surface area contributed by atoms with Gasteiger partial charge < -0.3 is 10.1 Å². The fourth-order valence-corrected chi connectivity index (χ4v) is 4.83. The van der Waals surface area contributed by atoms with Crippen molar-refractivity contribution in [2.45, 2.75) is 43.7 Å². The summed E-state index contributed by atoms with van der Waals surface area (Å²) in [5.74, 6) is -0.626. The average Bonchev–Trinajstić information content (AvgIpc) is 3.39. The van der Waals surface area contributed by atoms with Gasteiger partial charge in [0.1, 0.15) is 5.54 Å². The molecule has 1 saturated carbocycles. The van der Waals surface area contributed by atoms with Crippen molar-refractivity contribution in [3.63, 3.8) is 0 Å². The van der Waals surface area contributed by atoms with Crippen molar-refractivity contribution in [1.82, 2.24) is 10.2 Å². The maximum atomic E-state index is 12.7. The first kappa shape index (κ1) is 17.9. The van der Waals surface area contributed by atoms with E-state index in [0.717, 1.165) is 35.1 Å². The lowest BCUT2D eigenvalue weighted by Gasteiger charge is -2.20. The maximum absolute atomic E-state index is 12.7. The Bertz CT molecular complexity index is 964. The van der Waals surface area contributed by atoms with Gasteiger partial charge in [-0.25, -0.2) is 4.79 Å². The summed E-state index contributed by atoms with van der Waals surface area (Å²) in [4.78, 5) is 38.8. The zero-order valence-corrected chi connectivity index (χ0v) is 16.0. The monoisotopic (exact) mass is 390 g/mol. The van der Waals surface area contributed by atoms with Crippen molar-refractivity contribution in [3.05, 3.63) is 59.7 Å². The third-order valence-electron chi connectivity index (χ3n) is 6.27. The van der Waals surface area contributed by atoms with E-state index in [1.807, 2.05) is 48.5 Å². The molecule has 0 aromatic heterocycles. The minimum absolute atomic E-state index is 0.0178. The van der Waals surface area contributed by atoms with E-state index in [9.17, 15) is 14.4 Å². The molecular weight excluding hydrogens is 368 g/mol. The second-order valence-corrected chi connectivity index (χ2v) is 7.97. The Morgan fingerprint density at radius 3 is 2.21 bits per heavy atom. The molecule has 6 nitrogen and oxygen atoms in total. The first-order chi connectivity index (χ1) is 14.1. The number of carbonyl (C=O) groups excluding carboxylic acids is 3. The van der Waals surface area contributed by atoms with Crippen LogP contribution in [0, 0.1) is 0 Å². The van der Waals surface area contributed by atoms with Crippen molar-refractivity contribution in [1.29, 1.82) is 0 Å². The van der Waals surface area contributed by atoms with E-state index in [1.165, 1.54) is 4.90 Å². The van der Waals surface area contributed by atoms with Crippen LogP contribution in [0.15, 0.2) is 48.5 Å². The number of urea groups is 1. The van der Waals surface area contributed by atoms with Gasteiger partial charge in [0.15, 0.2) is 6.10 Å². The fourth-order valence-electron chi connectivity index (χ4n) is 4.83. The Morgan fingerprint density at radius 2 is 1.59 bits per heavy atom. The third kappa shape index (κ3) is 2.82. The standard InChI is InChI=1S/C23H22N2O4/c26-19(11-14-25-21(27)23(24-22(25)28)12-5-6-13-23)29-20-17-9-3-1-7-15(17)16-8-2-4-10-18(16)20/h1-4,7-10,20H,5-6,11-14H2,(H,24,28). The predicted octanol–water partition coefficient (Wildman–Crippen LogP) is 3.55. The quantitative estimate of drug-likeness (QED) is 0.640. The van der Waals surface area contributed by atoms with E-state index in [0.29, 0.717) is 12.8 Å². The molecule has 3 amide bonds. The number of esters is 1. The molecule has 148 valence electrons. The number of fused-ring (bicyclic) bond motifs is 3. The molecule has 2 aliphatic carbocycles. The van der Waals surface area contributed by atoms with Gasteiger partial charge in [-0.05, 0) is 24.0 Å². The van der Waals surface area contributed by atoms with Crippen LogP contribution in [-0.2, 0) is 14.3 Å². The van der Waals surface area contributed by atoms with Gasteiger partial charge in [0.2, 0.25) is 0 Å². The van der Waals surface area contributed by atoms with E-state index in [2.05, 4.69) is 5.32 Å². The van der Waals surface area contributed by atoms with Crippen LogP contribution in [0.5, 0.6) is 0 Å². The number of imide groups is 1. The summed E-state index contributed by atoms with van der Waals surface area (Å²) in [6, 6.07) is 15.4. The Labute approximate surface area is 168 Å². The Morgan fingerprint density at radius 1 is 1.00 bits per heavy atom. The lowest BCUT2D eigenvalue weighted by Crippen LogP contribution is -2.44. The highest BCUT2D eigenvalue weighted by Crippen LogP contribution is 2.45. The van der Waals surface area contributed by atoms with E-state index in [-0.39, 0.29) is 18.9 Å². The number of nitrogens with zero attached hydrogens (tertiary/aromatic N) is 1. The highest BCUT2D eigenvalue weighted by molar-refractivity contribution is 6.07. The van der Waals surface area contributed by atoms with Crippen LogP contribution in [0.2, 0.25) is 0 Å². The normalized spacial score (nSPS) is 19.4. The first-order valence-electron chi connectivity index (χ1n) is 10.1. The molecule has 1 heterocycles. The first-order valence-corrected chi connectivity index (χ1v) is 10.1. The number of hydrogen-bond donors (Lipinski definition) is 1. The molecule has 1 aliphatic heterocycles. The molecule has 1 saturated heterocycles. The molecule has 2 fully saturated rings. The van der Waals surface area contributed by atoms with E-state index in [1.54, 1.807) is 0 Å². The maximum Gasteiger partial charge on any atom is 0.325 e. The fraction of sp³-hybridized carbons (Fsp3) is 0.348. The minimum Gasteiger partial charge on any atom is -0.452 e. The van der Waals surface area contributed by atoms with Gasteiger partial charge >= 0.3 is 12.0 Å². The summed E-state index contributed by atoms with van der Waals surface area (Å²) in [6.07, 6.45) is 2.74. The summed E-state index contributed by atoms with van der Waals surface area (Å²) >= 11 is 0. The molecule has 29 heavy (non-hydrogen) atoms.